The third kappa shape index (κ3) is 1.25. The molecule has 3 nitrogen and oxygen atoms in total. The SMILES string of the molecule is [B]c1cnc(NO)c(F)c1. The molecule has 50 valence electrons. The van der Waals surface area contributed by atoms with Crippen LogP contribution in [0.3, 0.4) is 0 Å². The first-order chi connectivity index (χ1) is 4.74. The molecule has 1 heterocycles. The normalized spacial score (nSPS) is 9.40. The van der Waals surface area contributed by atoms with Crippen molar-refractivity contribution in [2.45, 2.75) is 0 Å². The second kappa shape index (κ2) is 2.66. The maximum Gasteiger partial charge on any atom is 0.186 e. The first kappa shape index (κ1) is 7.02. The highest BCUT2D eigenvalue weighted by molar-refractivity contribution is 6.32. The molecule has 0 fully saturated rings. The lowest BCUT2D eigenvalue weighted by molar-refractivity contribution is 0.380. The largest absolute Gasteiger partial charge is 0.290 e. The van der Waals surface area contributed by atoms with Gasteiger partial charge >= 0.3 is 0 Å². The topological polar surface area (TPSA) is 45.2 Å². The van der Waals surface area contributed by atoms with E-state index in [1.807, 2.05) is 0 Å². The number of rotatable bonds is 1. The number of hydrogen-bond donors (Lipinski definition) is 2. The van der Waals surface area contributed by atoms with Crippen molar-refractivity contribution in [1.82, 2.24) is 4.98 Å². The number of nitrogens with zero attached hydrogens (tertiary/aromatic N) is 1. The van der Waals surface area contributed by atoms with E-state index in [0.29, 0.717) is 0 Å². The van der Waals surface area contributed by atoms with Gasteiger partial charge in [-0.2, -0.15) is 0 Å². The molecular weight excluding hydrogens is 134 g/mol. The number of nitrogens with one attached hydrogen (secondary N) is 1. The Kier molecular flexibility index (Phi) is 1.87. The first-order valence-electron chi connectivity index (χ1n) is 2.55. The van der Waals surface area contributed by atoms with E-state index in [9.17, 15) is 4.39 Å². The van der Waals surface area contributed by atoms with Gasteiger partial charge in [-0.1, -0.05) is 5.46 Å². The Bertz CT molecular complexity index is 243. The second-order valence-corrected chi connectivity index (χ2v) is 1.71. The summed E-state index contributed by atoms with van der Waals surface area (Å²) in [6.45, 7) is 0. The highest BCUT2D eigenvalue weighted by atomic mass is 19.1. The van der Waals surface area contributed by atoms with Gasteiger partial charge in [0.05, 0.1) is 0 Å². The van der Waals surface area contributed by atoms with Crippen molar-refractivity contribution >= 4 is 19.1 Å². The molecule has 0 atom stereocenters. The average Bonchev–Trinajstić information content (AvgIpc) is 1.88. The number of halogens is 1. The summed E-state index contributed by atoms with van der Waals surface area (Å²) in [4.78, 5) is 3.44. The third-order valence-corrected chi connectivity index (χ3v) is 0.968. The van der Waals surface area contributed by atoms with Crippen molar-refractivity contribution < 1.29 is 9.60 Å². The Balaban J connectivity index is 3.07. The molecule has 1 aromatic heterocycles. The molecular formula is C5H4BFN2O. The number of anilines is 1. The monoisotopic (exact) mass is 138 g/mol. The summed E-state index contributed by atoms with van der Waals surface area (Å²) in [7, 11) is 5.17. The molecule has 0 amide bonds. The van der Waals surface area contributed by atoms with Gasteiger partial charge in [-0.15, -0.1) is 0 Å². The summed E-state index contributed by atoms with van der Waals surface area (Å²) in [6, 6.07) is 1.06. The van der Waals surface area contributed by atoms with E-state index in [1.165, 1.54) is 6.20 Å². The number of aromatic nitrogens is 1. The van der Waals surface area contributed by atoms with E-state index in [1.54, 1.807) is 5.48 Å². The van der Waals surface area contributed by atoms with Crippen LogP contribution in [0, 0.1) is 5.82 Å². The lowest BCUT2D eigenvalue weighted by atomic mass is 9.99. The Morgan fingerprint density at radius 3 is 2.90 bits per heavy atom. The molecule has 5 heteroatoms. The van der Waals surface area contributed by atoms with Crippen LogP contribution >= 0.6 is 0 Å². The van der Waals surface area contributed by atoms with E-state index in [4.69, 9.17) is 13.1 Å². The molecule has 2 radical (unpaired) electrons. The molecule has 0 aliphatic rings. The highest BCUT2D eigenvalue weighted by Crippen LogP contribution is 2.04. The average molecular weight is 138 g/mol. The predicted octanol–water partition coefficient (Wildman–Crippen LogP) is -0.184. The Labute approximate surface area is 58.3 Å². The van der Waals surface area contributed by atoms with Crippen molar-refractivity contribution in [2.24, 2.45) is 0 Å². The van der Waals surface area contributed by atoms with E-state index in [-0.39, 0.29) is 11.3 Å². The molecule has 0 unspecified atom stereocenters. The zero-order valence-electron chi connectivity index (χ0n) is 5.00. The minimum absolute atomic E-state index is 0.219. The van der Waals surface area contributed by atoms with Crippen LogP contribution in [-0.4, -0.2) is 18.0 Å². The fourth-order valence-corrected chi connectivity index (χ4v) is 0.535. The van der Waals surface area contributed by atoms with Gasteiger partial charge in [0.15, 0.2) is 11.6 Å². The van der Waals surface area contributed by atoms with Crippen LogP contribution in [0.25, 0.3) is 0 Å². The van der Waals surface area contributed by atoms with E-state index in [0.717, 1.165) is 6.07 Å². The molecule has 0 aliphatic heterocycles. The van der Waals surface area contributed by atoms with Gasteiger partial charge < -0.3 is 0 Å². The summed E-state index contributed by atoms with van der Waals surface area (Å²) in [5, 5.41) is 8.22. The zero-order chi connectivity index (χ0) is 7.56. The van der Waals surface area contributed by atoms with Gasteiger partial charge in [-0.3, -0.25) is 5.21 Å². The van der Waals surface area contributed by atoms with Gasteiger partial charge in [0.1, 0.15) is 7.85 Å². The maximum atomic E-state index is 12.5. The summed E-state index contributed by atoms with van der Waals surface area (Å²) in [5.74, 6) is -0.906. The van der Waals surface area contributed by atoms with Gasteiger partial charge in [0.2, 0.25) is 0 Å². The fourth-order valence-electron chi connectivity index (χ4n) is 0.535. The molecule has 1 rings (SSSR count). The Hall–Kier alpha value is -1.10. The number of pyridine rings is 1. The smallest absolute Gasteiger partial charge is 0.186 e. The summed E-state index contributed by atoms with van der Waals surface area (Å²) in [5.41, 5.74) is 1.80. The standard InChI is InChI=1S/C5H4BFN2O/c6-3-1-4(7)5(9-10)8-2-3/h1-2,10H,(H,8,9). The Morgan fingerprint density at radius 2 is 2.40 bits per heavy atom. The quantitative estimate of drug-likeness (QED) is 0.417. The lowest BCUT2D eigenvalue weighted by Gasteiger charge is -1.98. The molecule has 0 aromatic carbocycles. The van der Waals surface area contributed by atoms with Crippen LogP contribution in [0.1, 0.15) is 0 Å². The van der Waals surface area contributed by atoms with Crippen LogP contribution in [0.15, 0.2) is 12.3 Å². The second-order valence-electron chi connectivity index (χ2n) is 1.71. The van der Waals surface area contributed by atoms with Crippen molar-refractivity contribution in [3.63, 3.8) is 0 Å². The van der Waals surface area contributed by atoms with Gasteiger partial charge in [-0.05, 0) is 6.07 Å². The van der Waals surface area contributed by atoms with Crippen LogP contribution in [0.5, 0.6) is 0 Å². The van der Waals surface area contributed by atoms with Crippen LogP contribution in [-0.2, 0) is 0 Å². The molecule has 0 spiro atoms. The number of hydrogen-bond acceptors (Lipinski definition) is 3. The Morgan fingerprint density at radius 1 is 1.70 bits per heavy atom. The van der Waals surface area contributed by atoms with Gasteiger partial charge in [0, 0.05) is 6.20 Å². The highest BCUT2D eigenvalue weighted by Gasteiger charge is 1.99. The minimum atomic E-state index is -0.678. The van der Waals surface area contributed by atoms with Gasteiger partial charge in [0.25, 0.3) is 0 Å². The van der Waals surface area contributed by atoms with Gasteiger partial charge in [-0.25, -0.2) is 14.9 Å². The third-order valence-electron chi connectivity index (χ3n) is 0.968. The van der Waals surface area contributed by atoms with Crippen molar-refractivity contribution in [2.75, 3.05) is 5.48 Å². The van der Waals surface area contributed by atoms with E-state index < -0.39 is 5.82 Å². The van der Waals surface area contributed by atoms with Crippen LogP contribution in [0.2, 0.25) is 0 Å². The van der Waals surface area contributed by atoms with Crippen molar-refractivity contribution in [3.05, 3.63) is 18.1 Å². The minimum Gasteiger partial charge on any atom is -0.290 e. The molecule has 0 saturated heterocycles. The lowest BCUT2D eigenvalue weighted by Crippen LogP contribution is -2.07. The molecule has 10 heavy (non-hydrogen) atoms. The fraction of sp³-hybridized carbons (Fsp3) is 0. The predicted molar refractivity (Wildman–Crippen MR) is 35.0 cm³/mol. The molecule has 2 N–H and O–H groups in total. The van der Waals surface area contributed by atoms with E-state index in [2.05, 4.69) is 4.98 Å². The zero-order valence-corrected chi connectivity index (χ0v) is 5.00. The summed E-state index contributed by atoms with van der Waals surface area (Å²) in [6.07, 6.45) is 1.24. The molecule has 0 saturated carbocycles. The van der Waals surface area contributed by atoms with Crippen molar-refractivity contribution in [3.8, 4) is 0 Å². The molecule has 0 aliphatic carbocycles. The summed E-state index contributed by atoms with van der Waals surface area (Å²) < 4.78 is 12.5. The summed E-state index contributed by atoms with van der Waals surface area (Å²) >= 11 is 0. The first-order valence-corrected chi connectivity index (χ1v) is 2.55. The van der Waals surface area contributed by atoms with E-state index >= 15 is 0 Å². The van der Waals surface area contributed by atoms with Crippen molar-refractivity contribution in [1.29, 1.82) is 0 Å². The van der Waals surface area contributed by atoms with Crippen LogP contribution < -0.4 is 10.9 Å². The van der Waals surface area contributed by atoms with Crippen LogP contribution in [0.4, 0.5) is 10.2 Å². The molecule has 0 bridgehead atoms. The maximum absolute atomic E-state index is 12.5. The molecule has 1 aromatic rings.